The quantitative estimate of drug-likeness (QED) is 0.633. The second-order valence-corrected chi connectivity index (χ2v) is 2.93. The molecule has 0 atom stereocenters. The molecular weight excluding hydrogens is 216 g/mol. The minimum atomic E-state index is -0.849. The predicted molar refractivity (Wildman–Crippen MR) is 55.8 cm³/mol. The lowest BCUT2D eigenvalue weighted by molar-refractivity contribution is -0.116. The van der Waals surface area contributed by atoms with E-state index in [0.717, 1.165) is 12.1 Å². The highest BCUT2D eigenvalue weighted by atomic mass is 19.1. The molecule has 0 unspecified atom stereocenters. The van der Waals surface area contributed by atoms with Crippen LogP contribution in [0.1, 0.15) is 6.92 Å². The molecule has 0 aliphatic heterocycles. The molecule has 0 saturated heterocycles. The van der Waals surface area contributed by atoms with Crippen LogP contribution in [0.25, 0.3) is 0 Å². The summed E-state index contributed by atoms with van der Waals surface area (Å²) in [6.07, 6.45) is 0. The maximum Gasteiger partial charge on any atom is 0.290 e. The maximum absolute atomic E-state index is 13.1. The topological polar surface area (TPSA) is 38.3 Å². The number of anilines is 1. The molecule has 1 aromatic rings. The molecule has 0 saturated carbocycles. The van der Waals surface area contributed by atoms with Gasteiger partial charge in [-0.2, -0.15) is 0 Å². The Morgan fingerprint density at radius 3 is 2.75 bits per heavy atom. The number of hydrogen-bond acceptors (Lipinski definition) is 2. The smallest absolute Gasteiger partial charge is 0.290 e. The minimum Gasteiger partial charge on any atom is -0.489 e. The lowest BCUT2D eigenvalue weighted by Gasteiger charge is -2.08. The number of carbonyl (C=O) groups is 1. The van der Waals surface area contributed by atoms with E-state index in [4.69, 9.17) is 4.74 Å². The summed E-state index contributed by atoms with van der Waals surface area (Å²) in [4.78, 5) is 11.3. The third-order valence-corrected chi connectivity index (χ3v) is 1.75. The average molecular weight is 227 g/mol. The second-order valence-electron chi connectivity index (χ2n) is 2.93. The van der Waals surface area contributed by atoms with Crippen molar-refractivity contribution in [3.05, 3.63) is 42.2 Å². The van der Waals surface area contributed by atoms with Crippen LogP contribution >= 0.6 is 0 Å². The van der Waals surface area contributed by atoms with Crippen LogP contribution in [-0.2, 0) is 9.53 Å². The molecular formula is C11H11F2NO2. The van der Waals surface area contributed by atoms with E-state index >= 15 is 0 Å². The largest absolute Gasteiger partial charge is 0.489 e. The van der Waals surface area contributed by atoms with Gasteiger partial charge in [-0.3, -0.25) is 4.79 Å². The van der Waals surface area contributed by atoms with Crippen LogP contribution in [0.3, 0.4) is 0 Å². The normalized spacial score (nSPS) is 9.69. The van der Waals surface area contributed by atoms with E-state index in [2.05, 4.69) is 11.9 Å². The molecule has 0 aromatic heterocycles. The van der Waals surface area contributed by atoms with Crippen LogP contribution in [0, 0.1) is 11.6 Å². The van der Waals surface area contributed by atoms with Crippen molar-refractivity contribution in [3.63, 3.8) is 0 Å². The van der Waals surface area contributed by atoms with Crippen LogP contribution in [0.5, 0.6) is 0 Å². The average Bonchev–Trinajstić information content (AvgIpc) is 2.22. The van der Waals surface area contributed by atoms with E-state index in [1.54, 1.807) is 6.92 Å². The van der Waals surface area contributed by atoms with Crippen molar-refractivity contribution >= 4 is 11.6 Å². The van der Waals surface area contributed by atoms with Gasteiger partial charge in [0.2, 0.25) is 0 Å². The second kappa shape index (κ2) is 5.25. The number of rotatable bonds is 4. The van der Waals surface area contributed by atoms with Gasteiger partial charge in [0.05, 0.1) is 12.3 Å². The first-order valence-corrected chi connectivity index (χ1v) is 4.62. The third kappa shape index (κ3) is 3.05. The van der Waals surface area contributed by atoms with Crippen LogP contribution in [0.15, 0.2) is 30.5 Å². The molecule has 3 nitrogen and oxygen atoms in total. The Hall–Kier alpha value is -1.91. The van der Waals surface area contributed by atoms with Crippen LogP contribution in [0.4, 0.5) is 14.5 Å². The van der Waals surface area contributed by atoms with Crippen molar-refractivity contribution < 1.29 is 18.3 Å². The number of hydrogen-bond donors (Lipinski definition) is 1. The van der Waals surface area contributed by atoms with Crippen LogP contribution < -0.4 is 5.32 Å². The third-order valence-electron chi connectivity index (χ3n) is 1.75. The van der Waals surface area contributed by atoms with Gasteiger partial charge in [-0.05, 0) is 19.1 Å². The summed E-state index contributed by atoms with van der Waals surface area (Å²) in [6, 6.07) is 2.85. The highest BCUT2D eigenvalue weighted by Crippen LogP contribution is 2.15. The zero-order valence-electron chi connectivity index (χ0n) is 8.72. The molecule has 0 aliphatic rings. The molecule has 5 heteroatoms. The Morgan fingerprint density at radius 1 is 1.50 bits per heavy atom. The molecule has 0 radical (unpaired) electrons. The summed E-state index contributed by atoms with van der Waals surface area (Å²) in [5.74, 6) is -2.34. The van der Waals surface area contributed by atoms with Crippen LogP contribution in [0.2, 0.25) is 0 Å². The zero-order chi connectivity index (χ0) is 12.1. The fourth-order valence-corrected chi connectivity index (χ4v) is 1.02. The van der Waals surface area contributed by atoms with E-state index in [0.29, 0.717) is 6.07 Å². The van der Waals surface area contributed by atoms with Crippen molar-refractivity contribution in [2.75, 3.05) is 11.9 Å². The number of benzene rings is 1. The summed E-state index contributed by atoms with van der Waals surface area (Å²) in [6.45, 7) is 5.34. The van der Waals surface area contributed by atoms with E-state index in [1.165, 1.54) is 0 Å². The lowest BCUT2D eigenvalue weighted by Crippen LogP contribution is -2.16. The first-order valence-electron chi connectivity index (χ1n) is 4.62. The van der Waals surface area contributed by atoms with Crippen molar-refractivity contribution in [1.82, 2.24) is 0 Å². The lowest BCUT2D eigenvalue weighted by atomic mass is 10.3. The predicted octanol–water partition coefficient (Wildman–Crippen LogP) is 2.45. The molecule has 0 fully saturated rings. The standard InChI is InChI=1S/C11H11F2NO2/c1-3-16-7(2)11(15)14-10-5-4-8(12)6-9(10)13/h4-6H,2-3H2,1H3,(H,14,15). The van der Waals surface area contributed by atoms with Gasteiger partial charge in [-0.1, -0.05) is 6.58 Å². The molecule has 0 bridgehead atoms. The molecule has 1 aromatic carbocycles. The molecule has 0 aliphatic carbocycles. The first-order chi connectivity index (χ1) is 7.54. The number of carbonyl (C=O) groups excluding carboxylic acids is 1. The summed E-state index contributed by atoms with van der Waals surface area (Å²) < 4.78 is 30.5. The van der Waals surface area contributed by atoms with Crippen molar-refractivity contribution in [2.24, 2.45) is 0 Å². The van der Waals surface area contributed by atoms with Crippen molar-refractivity contribution in [2.45, 2.75) is 6.92 Å². The number of nitrogens with one attached hydrogen (secondary N) is 1. The summed E-state index contributed by atoms with van der Waals surface area (Å²) in [7, 11) is 0. The Labute approximate surface area is 91.7 Å². The van der Waals surface area contributed by atoms with Gasteiger partial charge >= 0.3 is 0 Å². The first kappa shape index (κ1) is 12.2. The van der Waals surface area contributed by atoms with E-state index in [-0.39, 0.29) is 18.1 Å². The number of amides is 1. The van der Waals surface area contributed by atoms with Gasteiger partial charge in [-0.25, -0.2) is 8.78 Å². The van der Waals surface area contributed by atoms with Gasteiger partial charge in [-0.15, -0.1) is 0 Å². The highest BCUT2D eigenvalue weighted by molar-refractivity contribution is 6.01. The Kier molecular flexibility index (Phi) is 3.99. The molecule has 1 N–H and O–H groups in total. The SMILES string of the molecule is C=C(OCC)C(=O)Nc1ccc(F)cc1F. The molecule has 16 heavy (non-hydrogen) atoms. The Morgan fingerprint density at radius 2 is 2.19 bits per heavy atom. The van der Waals surface area contributed by atoms with Gasteiger partial charge < -0.3 is 10.1 Å². The van der Waals surface area contributed by atoms with Crippen molar-refractivity contribution in [3.8, 4) is 0 Å². The molecule has 0 spiro atoms. The van der Waals surface area contributed by atoms with E-state index in [9.17, 15) is 13.6 Å². The monoisotopic (exact) mass is 227 g/mol. The van der Waals surface area contributed by atoms with Gasteiger partial charge in [0, 0.05) is 6.07 Å². The summed E-state index contributed by atoms with van der Waals surface area (Å²) >= 11 is 0. The van der Waals surface area contributed by atoms with Crippen molar-refractivity contribution in [1.29, 1.82) is 0 Å². The Bertz CT molecular complexity index is 418. The van der Waals surface area contributed by atoms with Crippen LogP contribution in [-0.4, -0.2) is 12.5 Å². The fourth-order valence-electron chi connectivity index (χ4n) is 1.02. The fraction of sp³-hybridized carbons (Fsp3) is 0.182. The number of halogens is 2. The van der Waals surface area contributed by atoms with E-state index < -0.39 is 17.5 Å². The summed E-state index contributed by atoms with van der Waals surface area (Å²) in [5.41, 5.74) is -0.118. The molecule has 1 rings (SSSR count). The van der Waals surface area contributed by atoms with Gasteiger partial charge in [0.15, 0.2) is 5.76 Å². The highest BCUT2D eigenvalue weighted by Gasteiger charge is 2.11. The van der Waals surface area contributed by atoms with E-state index in [1.807, 2.05) is 0 Å². The molecule has 0 heterocycles. The zero-order valence-corrected chi connectivity index (χ0v) is 8.72. The Balaban J connectivity index is 2.73. The van der Waals surface area contributed by atoms with Gasteiger partial charge in [0.1, 0.15) is 11.6 Å². The maximum atomic E-state index is 13.1. The number of ether oxygens (including phenoxy) is 1. The minimum absolute atomic E-state index is 0.118. The molecule has 86 valence electrons. The molecule has 1 amide bonds. The van der Waals surface area contributed by atoms with Gasteiger partial charge in [0.25, 0.3) is 5.91 Å². The summed E-state index contributed by atoms with van der Waals surface area (Å²) in [5, 5.41) is 2.22.